The van der Waals surface area contributed by atoms with E-state index in [2.05, 4.69) is 16.2 Å². The van der Waals surface area contributed by atoms with Crippen LogP contribution in [0.4, 0.5) is 0 Å². The van der Waals surface area contributed by atoms with Gasteiger partial charge in [0.2, 0.25) is 0 Å². The quantitative estimate of drug-likeness (QED) is 0.527. The van der Waals surface area contributed by atoms with E-state index >= 15 is 0 Å². The summed E-state index contributed by atoms with van der Waals surface area (Å²) in [6.45, 7) is 0. The normalized spacial score (nSPS) is 11.1. The summed E-state index contributed by atoms with van der Waals surface area (Å²) in [5.41, 5.74) is 0.841. The zero-order valence-corrected chi connectivity index (χ0v) is 11.3. The minimum Gasteiger partial charge on any atom is -0.269 e. The van der Waals surface area contributed by atoms with Crippen molar-refractivity contribution >= 4 is 11.3 Å². The van der Waals surface area contributed by atoms with Crippen LogP contribution in [0.2, 0.25) is 0 Å². The second-order valence-electron chi connectivity index (χ2n) is 4.74. The van der Waals surface area contributed by atoms with Gasteiger partial charge in [-0.05, 0) is 24.3 Å². The molecule has 105 valence electrons. The van der Waals surface area contributed by atoms with E-state index in [1.165, 1.54) is 14.9 Å². The highest BCUT2D eigenvalue weighted by Crippen LogP contribution is 2.11. The number of pyridine rings is 2. The lowest BCUT2D eigenvalue weighted by atomic mass is 10.2. The predicted octanol–water partition coefficient (Wildman–Crippen LogP) is 1.17. The van der Waals surface area contributed by atoms with Crippen LogP contribution in [0.25, 0.3) is 22.6 Å². The Morgan fingerprint density at radius 1 is 0.909 bits per heavy atom. The van der Waals surface area contributed by atoms with E-state index in [-0.39, 0.29) is 22.4 Å². The molecule has 4 aromatic rings. The van der Waals surface area contributed by atoms with E-state index in [0.29, 0.717) is 11.3 Å². The number of nitrogens with zero attached hydrogens (tertiary/aromatic N) is 4. The van der Waals surface area contributed by atoms with Crippen molar-refractivity contribution in [3.63, 3.8) is 0 Å². The summed E-state index contributed by atoms with van der Waals surface area (Å²) >= 11 is 0. The summed E-state index contributed by atoms with van der Waals surface area (Å²) in [6.07, 6.45) is 5.94. The largest absolute Gasteiger partial charge is 0.269 e. The SMILES string of the molecule is O=c1cc(-c2[c]nc3ccccn3c2=O)nc2ccccn12. The molecule has 1 radical (unpaired) electrons. The van der Waals surface area contributed by atoms with Crippen LogP contribution in [0, 0.1) is 6.20 Å². The third-order valence-corrected chi connectivity index (χ3v) is 3.38. The third kappa shape index (κ3) is 1.81. The Hall–Kier alpha value is -3.28. The summed E-state index contributed by atoms with van der Waals surface area (Å²) < 4.78 is 2.82. The van der Waals surface area contributed by atoms with E-state index in [4.69, 9.17) is 0 Å². The van der Waals surface area contributed by atoms with Gasteiger partial charge in [-0.2, -0.15) is 0 Å². The summed E-state index contributed by atoms with van der Waals surface area (Å²) in [5.74, 6) is 0. The zero-order valence-electron chi connectivity index (χ0n) is 11.3. The Morgan fingerprint density at radius 3 is 2.45 bits per heavy atom. The molecule has 0 saturated heterocycles. The Balaban J connectivity index is 2.05. The Kier molecular flexibility index (Phi) is 2.62. The van der Waals surface area contributed by atoms with Crippen molar-refractivity contribution < 1.29 is 0 Å². The molecule has 0 aromatic carbocycles. The van der Waals surface area contributed by atoms with Crippen LogP contribution in [-0.4, -0.2) is 18.8 Å². The fourth-order valence-corrected chi connectivity index (χ4v) is 2.33. The first-order valence-electron chi connectivity index (χ1n) is 6.62. The van der Waals surface area contributed by atoms with Gasteiger partial charge in [0.05, 0.1) is 11.3 Å². The van der Waals surface area contributed by atoms with Crippen LogP contribution in [0.3, 0.4) is 0 Å². The number of fused-ring (bicyclic) bond motifs is 2. The first-order chi connectivity index (χ1) is 10.7. The molecule has 4 heterocycles. The third-order valence-electron chi connectivity index (χ3n) is 3.38. The van der Waals surface area contributed by atoms with E-state index < -0.39 is 0 Å². The lowest BCUT2D eigenvalue weighted by molar-refractivity contribution is 1.02. The van der Waals surface area contributed by atoms with Crippen molar-refractivity contribution in [3.05, 3.63) is 81.8 Å². The minimum absolute atomic E-state index is 0.173. The molecule has 0 atom stereocenters. The van der Waals surface area contributed by atoms with Crippen LogP contribution in [0.5, 0.6) is 0 Å². The van der Waals surface area contributed by atoms with Crippen LogP contribution < -0.4 is 11.1 Å². The zero-order chi connectivity index (χ0) is 15.1. The molecular weight excluding hydrogens is 280 g/mol. The highest BCUT2D eigenvalue weighted by molar-refractivity contribution is 5.60. The molecular formula is C16H9N4O2. The first kappa shape index (κ1) is 12.5. The summed E-state index contributed by atoms with van der Waals surface area (Å²) in [7, 11) is 0. The van der Waals surface area contributed by atoms with Gasteiger partial charge in [-0.3, -0.25) is 18.4 Å². The minimum atomic E-state index is -0.308. The molecule has 4 rings (SSSR count). The van der Waals surface area contributed by atoms with Crippen molar-refractivity contribution in [2.45, 2.75) is 0 Å². The van der Waals surface area contributed by atoms with Gasteiger partial charge in [-0.25, -0.2) is 9.97 Å². The molecule has 0 saturated carbocycles. The average molecular weight is 289 g/mol. The van der Waals surface area contributed by atoms with Crippen molar-refractivity contribution in [1.82, 2.24) is 18.8 Å². The van der Waals surface area contributed by atoms with E-state index in [9.17, 15) is 9.59 Å². The van der Waals surface area contributed by atoms with Gasteiger partial charge in [0, 0.05) is 18.5 Å². The van der Waals surface area contributed by atoms with Gasteiger partial charge in [0.15, 0.2) is 0 Å². The standard InChI is InChI=1S/C16H9N4O2/c21-15-9-12(18-14-6-2-3-7-19(14)15)11-10-17-13-5-1-4-8-20(13)16(11)22/h1-9H. The number of rotatable bonds is 1. The maximum atomic E-state index is 12.5. The van der Waals surface area contributed by atoms with Gasteiger partial charge in [-0.1, -0.05) is 12.1 Å². The van der Waals surface area contributed by atoms with Crippen molar-refractivity contribution in [2.24, 2.45) is 0 Å². The van der Waals surface area contributed by atoms with Crippen molar-refractivity contribution in [3.8, 4) is 11.3 Å². The van der Waals surface area contributed by atoms with Gasteiger partial charge in [0.25, 0.3) is 11.1 Å². The maximum Gasteiger partial charge on any atom is 0.268 e. The smallest absolute Gasteiger partial charge is 0.268 e. The molecule has 0 amide bonds. The summed E-state index contributed by atoms with van der Waals surface area (Å²) in [5, 5.41) is 0. The molecule has 0 aliphatic rings. The Morgan fingerprint density at radius 2 is 1.64 bits per heavy atom. The second kappa shape index (κ2) is 4.63. The molecule has 0 aliphatic heterocycles. The highest BCUT2D eigenvalue weighted by Gasteiger charge is 2.11. The summed E-state index contributed by atoms with van der Waals surface area (Å²) in [6, 6.07) is 11.8. The maximum absolute atomic E-state index is 12.5. The van der Waals surface area contributed by atoms with Crippen molar-refractivity contribution in [1.29, 1.82) is 0 Å². The Bertz CT molecular complexity index is 1130. The number of hydrogen-bond donors (Lipinski definition) is 0. The monoisotopic (exact) mass is 289 g/mol. The van der Waals surface area contributed by atoms with Crippen molar-refractivity contribution in [2.75, 3.05) is 0 Å². The van der Waals surface area contributed by atoms with Crippen LogP contribution in [0.1, 0.15) is 0 Å². The van der Waals surface area contributed by atoms with E-state index in [1.807, 2.05) is 0 Å². The number of hydrogen-bond acceptors (Lipinski definition) is 4. The molecule has 22 heavy (non-hydrogen) atoms. The molecule has 6 nitrogen and oxygen atoms in total. The Labute approximate surface area is 124 Å². The first-order valence-corrected chi connectivity index (χ1v) is 6.62. The van der Waals surface area contributed by atoms with Gasteiger partial charge in [-0.15, -0.1) is 0 Å². The summed E-state index contributed by atoms with van der Waals surface area (Å²) in [4.78, 5) is 33.1. The van der Waals surface area contributed by atoms with Gasteiger partial charge >= 0.3 is 0 Å². The average Bonchev–Trinajstić information content (AvgIpc) is 2.55. The number of aromatic nitrogens is 4. The molecule has 0 N–H and O–H groups in total. The van der Waals surface area contributed by atoms with Gasteiger partial charge in [0.1, 0.15) is 17.5 Å². The predicted molar refractivity (Wildman–Crippen MR) is 80.8 cm³/mol. The van der Waals surface area contributed by atoms with E-state index in [0.717, 1.165) is 0 Å². The molecule has 0 fully saturated rings. The van der Waals surface area contributed by atoms with Crippen LogP contribution >= 0.6 is 0 Å². The lowest BCUT2D eigenvalue weighted by Crippen LogP contribution is -2.20. The molecule has 0 unspecified atom stereocenters. The fourth-order valence-electron chi connectivity index (χ4n) is 2.33. The highest BCUT2D eigenvalue weighted by atomic mass is 16.1. The lowest BCUT2D eigenvalue weighted by Gasteiger charge is -2.04. The fraction of sp³-hybridized carbons (Fsp3) is 0. The molecule has 0 aliphatic carbocycles. The van der Waals surface area contributed by atoms with Crippen LogP contribution in [0.15, 0.2) is 64.4 Å². The van der Waals surface area contributed by atoms with Crippen LogP contribution in [-0.2, 0) is 0 Å². The molecule has 0 spiro atoms. The second-order valence-corrected chi connectivity index (χ2v) is 4.74. The molecule has 6 heteroatoms. The topological polar surface area (TPSA) is 68.7 Å². The molecule has 4 aromatic heterocycles. The van der Waals surface area contributed by atoms with Gasteiger partial charge < -0.3 is 0 Å². The molecule has 0 bridgehead atoms. The van der Waals surface area contributed by atoms with E-state index in [1.54, 1.807) is 48.8 Å².